The minimum absolute atomic E-state index is 0.306. The molecule has 0 rings (SSSR count). The number of unbranched alkanes of at least 4 members (excludes halogenated alkanes) is 9. The minimum Gasteiger partial charge on any atom is -0.394 e. The first kappa shape index (κ1) is 35.8. The molecule has 0 spiro atoms. The summed E-state index contributed by atoms with van der Waals surface area (Å²) in [5.41, 5.74) is 0. The van der Waals surface area contributed by atoms with Crippen molar-refractivity contribution >= 4 is 41.4 Å². The average Bonchev–Trinajstić information content (AvgIpc) is 2.58. The molecule has 0 radical (unpaired) electrons. The van der Waals surface area contributed by atoms with Crippen molar-refractivity contribution in [2.45, 2.75) is 84.2 Å². The summed E-state index contributed by atoms with van der Waals surface area (Å²) in [7, 11) is -4.67. The second-order valence-corrected chi connectivity index (χ2v) is 8.58. The van der Waals surface area contributed by atoms with E-state index in [1.54, 1.807) is 6.92 Å². The molecule has 0 bridgehead atoms. The van der Waals surface area contributed by atoms with Gasteiger partial charge in [-0.05, 0) is 6.42 Å². The molecule has 6 N–H and O–H groups in total. The van der Waals surface area contributed by atoms with Crippen molar-refractivity contribution in [2.75, 3.05) is 19.8 Å². The molecule has 0 heterocycles. The van der Waals surface area contributed by atoms with Gasteiger partial charge in [-0.1, -0.05) is 64.7 Å². The van der Waals surface area contributed by atoms with Crippen LogP contribution in [-0.2, 0) is 15.2 Å². The van der Waals surface area contributed by atoms with Crippen LogP contribution in [0, 0.1) is 0 Å². The third kappa shape index (κ3) is 82.2. The van der Waals surface area contributed by atoms with Gasteiger partial charge in [-0.25, -0.2) is 0 Å². The zero-order valence-electron chi connectivity index (χ0n) is 17.6. The number of aliphatic hydroxyl groups excluding tert-OH is 4. The summed E-state index contributed by atoms with van der Waals surface area (Å²) >= 11 is 0.710. The van der Waals surface area contributed by atoms with Crippen LogP contribution in [0.25, 0.3) is 0 Å². The number of aliphatic hydroxyl groups is 4. The maximum Gasteiger partial charge on any atom is 0.394 e. The summed E-state index contributed by atoms with van der Waals surface area (Å²) in [6.45, 7) is 3.49. The van der Waals surface area contributed by atoms with Gasteiger partial charge >= 0.3 is 53.1 Å². The Morgan fingerprint density at radius 2 is 1.07 bits per heavy atom. The molecule has 11 heteroatoms. The van der Waals surface area contributed by atoms with Crippen LogP contribution in [0.15, 0.2) is 0 Å². The maximum absolute atomic E-state index is 9.51. The summed E-state index contributed by atoms with van der Waals surface area (Å²) in [5, 5.41) is 32.6. The predicted molar refractivity (Wildman–Crippen MR) is 110 cm³/mol. The van der Waals surface area contributed by atoms with Gasteiger partial charge in [0, 0.05) is 6.61 Å². The fourth-order valence-electron chi connectivity index (χ4n) is 1.66. The van der Waals surface area contributed by atoms with E-state index in [1.165, 1.54) is 57.8 Å². The largest absolute Gasteiger partial charge is 0.394 e. The van der Waals surface area contributed by atoms with Gasteiger partial charge in [-0.3, -0.25) is 9.11 Å². The van der Waals surface area contributed by atoms with Crippen molar-refractivity contribution in [2.24, 2.45) is 0 Å². The third-order valence-corrected chi connectivity index (χ3v) is 2.93. The van der Waals surface area contributed by atoms with Crippen LogP contribution in [0.4, 0.5) is 0 Å². The van der Waals surface area contributed by atoms with Crippen LogP contribution < -0.4 is 0 Å². The van der Waals surface area contributed by atoms with Crippen LogP contribution in [0.2, 0.25) is 0 Å². The quantitative estimate of drug-likeness (QED) is 0.148. The molecule has 0 aliphatic rings. The van der Waals surface area contributed by atoms with Crippen molar-refractivity contribution in [1.29, 1.82) is 0 Å². The Morgan fingerprint density at radius 1 is 0.821 bits per heavy atom. The summed E-state index contributed by atoms with van der Waals surface area (Å²) in [6, 6.07) is 0. The van der Waals surface area contributed by atoms with Crippen LogP contribution in [0.1, 0.15) is 78.1 Å². The molecule has 0 atom stereocenters. The standard InChI is InChI=1S/C12H26O.C3H8O3.C2H3O.Na.H2O4S/c1-2-3-4-5-6-7-8-9-10-11-12-13;4-1-3(6)2-5;1-2-3;;1-5(2,3)4/h13H,2-12H2,1H3;3-6H,1-2H2;1H3;;(H2,1,2,3,4). The van der Waals surface area contributed by atoms with Crippen LogP contribution >= 0.6 is 0 Å². The van der Waals surface area contributed by atoms with Crippen molar-refractivity contribution in [3.8, 4) is 0 Å². The molecular formula is C17H39NaO9S. The van der Waals surface area contributed by atoms with E-state index in [-0.39, 0.29) is 13.2 Å². The first-order valence-electron chi connectivity index (χ1n) is 9.63. The Balaban J connectivity index is -0.000000159. The molecule has 0 unspecified atom stereocenters. The number of carbonyl (C=O) groups excluding carboxylic acids is 1. The first-order chi connectivity index (χ1) is 13.0. The van der Waals surface area contributed by atoms with Crippen LogP contribution in [0.3, 0.4) is 0 Å². The topological polar surface area (TPSA) is 173 Å². The van der Waals surface area contributed by atoms with Gasteiger partial charge in [0.1, 0.15) is 6.10 Å². The van der Waals surface area contributed by atoms with E-state index < -0.39 is 16.5 Å². The second kappa shape index (κ2) is 29.6. The summed E-state index contributed by atoms with van der Waals surface area (Å²) < 4.78 is 31.9. The van der Waals surface area contributed by atoms with Gasteiger partial charge in [-0.15, -0.1) is 0 Å². The Labute approximate surface area is 187 Å². The maximum atomic E-state index is 9.51. The molecule has 0 aromatic carbocycles. The smallest absolute Gasteiger partial charge is 0.394 e. The molecule has 0 aliphatic heterocycles. The summed E-state index contributed by atoms with van der Waals surface area (Å²) in [4.78, 5) is 9.51. The van der Waals surface area contributed by atoms with Gasteiger partial charge in [0.15, 0.2) is 0 Å². The SMILES string of the molecule is CCCCCCCCCCCCO.C[C](=O)[Na].O=S(=O)(O)O.OCC(O)CO. The Kier molecular flexibility index (Phi) is 37.8. The van der Waals surface area contributed by atoms with Crippen molar-refractivity contribution < 1.29 is 42.7 Å². The van der Waals surface area contributed by atoms with Crippen LogP contribution in [-0.4, -0.2) is 94.8 Å². The fraction of sp³-hybridized carbons (Fsp3) is 0.941. The molecule has 0 aliphatic carbocycles. The average molecular weight is 443 g/mol. The molecule has 0 aromatic heterocycles. The van der Waals surface area contributed by atoms with Gasteiger partial charge in [0.05, 0.1) is 13.2 Å². The van der Waals surface area contributed by atoms with Gasteiger partial charge in [0.25, 0.3) is 0 Å². The molecule has 0 fully saturated rings. The van der Waals surface area contributed by atoms with Crippen molar-refractivity contribution in [3.05, 3.63) is 0 Å². The first-order valence-corrected chi connectivity index (χ1v) is 12.0. The Bertz CT molecular complexity index is 366. The zero-order valence-corrected chi connectivity index (χ0v) is 20.4. The van der Waals surface area contributed by atoms with E-state index in [4.69, 9.17) is 37.9 Å². The predicted octanol–water partition coefficient (Wildman–Crippen LogP) is 1.28. The van der Waals surface area contributed by atoms with Crippen molar-refractivity contribution in [3.63, 3.8) is 0 Å². The van der Waals surface area contributed by atoms with Crippen LogP contribution in [0.5, 0.6) is 0 Å². The molecule has 0 saturated heterocycles. The van der Waals surface area contributed by atoms with E-state index >= 15 is 0 Å². The number of hydrogen-bond acceptors (Lipinski definition) is 7. The normalized spacial score (nSPS) is 10.1. The molecule has 0 aromatic rings. The number of hydrogen-bond donors (Lipinski definition) is 6. The van der Waals surface area contributed by atoms with E-state index in [2.05, 4.69) is 6.92 Å². The summed E-state index contributed by atoms with van der Waals surface area (Å²) in [5.74, 6) is 0. The Morgan fingerprint density at radius 3 is 1.25 bits per heavy atom. The number of carbonyl (C=O) groups is 1. The van der Waals surface area contributed by atoms with Gasteiger partial charge < -0.3 is 20.4 Å². The Hall–Kier alpha value is 0.380. The van der Waals surface area contributed by atoms with E-state index in [0.29, 0.717) is 37.6 Å². The molecule has 0 saturated carbocycles. The molecule has 0 amide bonds. The van der Waals surface area contributed by atoms with Gasteiger partial charge in [-0.2, -0.15) is 8.42 Å². The molecule has 168 valence electrons. The molecule has 9 nitrogen and oxygen atoms in total. The van der Waals surface area contributed by atoms with E-state index in [9.17, 15) is 4.79 Å². The fourth-order valence-corrected chi connectivity index (χ4v) is 1.66. The minimum atomic E-state index is -4.67. The third-order valence-electron chi connectivity index (χ3n) is 2.93. The summed E-state index contributed by atoms with van der Waals surface area (Å²) in [6.07, 6.45) is 12.3. The zero-order chi connectivity index (χ0) is 22.8. The van der Waals surface area contributed by atoms with Gasteiger partial charge in [0.2, 0.25) is 0 Å². The second-order valence-electron chi connectivity index (χ2n) is 6.28. The molecular weight excluding hydrogens is 403 g/mol. The molecule has 28 heavy (non-hydrogen) atoms. The monoisotopic (exact) mass is 442 g/mol. The number of rotatable bonds is 12. The van der Waals surface area contributed by atoms with E-state index in [1.807, 2.05) is 0 Å². The van der Waals surface area contributed by atoms with Crippen molar-refractivity contribution in [1.82, 2.24) is 0 Å². The van der Waals surface area contributed by atoms with E-state index in [0.717, 1.165) is 6.42 Å².